The molecule has 0 radical (unpaired) electrons. The molecular weight excluding hydrogens is 324 g/mol. The monoisotopic (exact) mass is 358 g/mol. The predicted molar refractivity (Wildman–Crippen MR) is 107 cm³/mol. The highest BCUT2D eigenvalue weighted by Gasteiger charge is 2.26. The molecule has 26 heavy (non-hydrogen) atoms. The Morgan fingerprint density at radius 1 is 1.12 bits per heavy atom. The molecule has 1 aliphatic carbocycles. The van der Waals surface area contributed by atoms with Gasteiger partial charge >= 0.3 is 0 Å². The summed E-state index contributed by atoms with van der Waals surface area (Å²) >= 11 is 0. The minimum atomic E-state index is -0.0437. The molecule has 0 aliphatic heterocycles. The van der Waals surface area contributed by atoms with Crippen LogP contribution in [0.1, 0.15) is 76.6 Å². The second-order valence-corrected chi connectivity index (χ2v) is 8.92. The second kappa shape index (κ2) is 8.70. The molecule has 0 spiro atoms. The Hall–Kier alpha value is -1.84. The first-order valence-electron chi connectivity index (χ1n) is 9.84. The number of carbonyl (C=O) groups is 2. The van der Waals surface area contributed by atoms with Gasteiger partial charge in [0.15, 0.2) is 0 Å². The number of carbonyl (C=O) groups excluding carboxylic acids is 2. The molecule has 4 heteroatoms. The normalized spacial score (nSPS) is 16.8. The summed E-state index contributed by atoms with van der Waals surface area (Å²) in [6.07, 6.45) is 6.79. The molecule has 1 aliphatic rings. The Morgan fingerprint density at radius 2 is 1.69 bits per heavy atom. The van der Waals surface area contributed by atoms with Gasteiger partial charge in [-0.2, -0.15) is 0 Å². The van der Waals surface area contributed by atoms with Crippen LogP contribution in [0.25, 0.3) is 0 Å². The summed E-state index contributed by atoms with van der Waals surface area (Å²) in [5.41, 5.74) is 1.36. The lowest BCUT2D eigenvalue weighted by molar-refractivity contribution is -0.117. The van der Waals surface area contributed by atoms with Gasteiger partial charge in [-0.15, -0.1) is 0 Å². The fraction of sp³-hybridized carbons (Fsp3) is 0.636. The quantitative estimate of drug-likeness (QED) is 0.796. The standard InChI is InChI=1S/C22H34N2O2/c1-16(17-9-7-6-8-10-17)24(5)21(26)18-11-13-19(14-12-18)23-20(25)15-22(2,3)4/h11-14,16-17H,6-10,15H2,1-5H3,(H,23,25)/t16-/m0/s1. The summed E-state index contributed by atoms with van der Waals surface area (Å²) in [4.78, 5) is 26.7. The van der Waals surface area contributed by atoms with E-state index in [1.165, 1.54) is 32.1 Å². The molecule has 0 bridgehead atoms. The van der Waals surface area contributed by atoms with Gasteiger partial charge in [-0.25, -0.2) is 0 Å². The number of anilines is 1. The highest BCUT2D eigenvalue weighted by atomic mass is 16.2. The summed E-state index contributed by atoms with van der Waals surface area (Å²) < 4.78 is 0. The molecule has 144 valence electrons. The van der Waals surface area contributed by atoms with Crippen molar-refractivity contribution >= 4 is 17.5 Å². The van der Waals surface area contributed by atoms with Crippen molar-refractivity contribution in [3.63, 3.8) is 0 Å². The molecule has 4 nitrogen and oxygen atoms in total. The lowest BCUT2D eigenvalue weighted by Crippen LogP contribution is -2.40. The topological polar surface area (TPSA) is 49.4 Å². The number of rotatable bonds is 5. The van der Waals surface area contributed by atoms with E-state index in [-0.39, 0.29) is 23.3 Å². The van der Waals surface area contributed by atoms with Crippen molar-refractivity contribution in [1.82, 2.24) is 4.90 Å². The van der Waals surface area contributed by atoms with Crippen molar-refractivity contribution in [3.8, 4) is 0 Å². The van der Waals surface area contributed by atoms with E-state index < -0.39 is 0 Å². The number of hydrogen-bond acceptors (Lipinski definition) is 2. The zero-order valence-corrected chi connectivity index (χ0v) is 17.0. The van der Waals surface area contributed by atoms with Crippen LogP contribution >= 0.6 is 0 Å². The summed E-state index contributed by atoms with van der Waals surface area (Å²) in [5.74, 6) is 0.656. The average molecular weight is 359 g/mol. The van der Waals surface area contributed by atoms with E-state index in [9.17, 15) is 9.59 Å². The Kier molecular flexibility index (Phi) is 6.85. The Bertz CT molecular complexity index is 610. The molecule has 1 atom stereocenters. The first-order valence-corrected chi connectivity index (χ1v) is 9.84. The lowest BCUT2D eigenvalue weighted by Gasteiger charge is -2.34. The van der Waals surface area contributed by atoms with Crippen LogP contribution in [0.4, 0.5) is 5.69 Å². The largest absolute Gasteiger partial charge is 0.339 e. The third-order valence-corrected chi connectivity index (χ3v) is 5.37. The molecule has 1 aromatic rings. The number of amides is 2. The Morgan fingerprint density at radius 3 is 2.23 bits per heavy atom. The average Bonchev–Trinajstić information content (AvgIpc) is 2.59. The Balaban J connectivity index is 1.96. The first-order chi connectivity index (χ1) is 12.2. The summed E-state index contributed by atoms with van der Waals surface area (Å²) in [5, 5.41) is 2.90. The molecule has 2 amide bonds. The third kappa shape index (κ3) is 5.86. The fourth-order valence-electron chi connectivity index (χ4n) is 3.70. The summed E-state index contributed by atoms with van der Waals surface area (Å²) in [6.45, 7) is 8.28. The van der Waals surface area contributed by atoms with Crippen molar-refractivity contribution < 1.29 is 9.59 Å². The molecule has 0 saturated heterocycles. The first kappa shape index (κ1) is 20.5. The molecule has 1 fully saturated rings. The Labute approximate surface area is 158 Å². The fourth-order valence-corrected chi connectivity index (χ4v) is 3.70. The predicted octanol–water partition coefficient (Wildman–Crippen LogP) is 5.10. The zero-order chi connectivity index (χ0) is 19.3. The lowest BCUT2D eigenvalue weighted by atomic mass is 9.84. The number of nitrogens with one attached hydrogen (secondary N) is 1. The van der Waals surface area contributed by atoms with Crippen molar-refractivity contribution in [2.75, 3.05) is 12.4 Å². The molecule has 1 saturated carbocycles. The maximum Gasteiger partial charge on any atom is 0.253 e. The van der Waals surface area contributed by atoms with Gasteiger partial charge in [-0.05, 0) is 55.4 Å². The summed E-state index contributed by atoms with van der Waals surface area (Å²) in [7, 11) is 1.90. The number of benzene rings is 1. The van der Waals surface area contributed by atoms with Gasteiger partial charge in [0, 0.05) is 30.8 Å². The molecule has 0 heterocycles. The van der Waals surface area contributed by atoms with E-state index in [4.69, 9.17) is 0 Å². The van der Waals surface area contributed by atoms with E-state index in [1.54, 1.807) is 12.1 Å². The highest BCUT2D eigenvalue weighted by molar-refractivity contribution is 5.96. The van der Waals surface area contributed by atoms with Gasteiger partial charge in [0.2, 0.25) is 5.91 Å². The van der Waals surface area contributed by atoms with Crippen LogP contribution in [0.3, 0.4) is 0 Å². The van der Waals surface area contributed by atoms with Crippen LogP contribution in [-0.2, 0) is 4.79 Å². The molecule has 0 aromatic heterocycles. The number of nitrogens with zero attached hydrogens (tertiary/aromatic N) is 1. The van der Waals surface area contributed by atoms with Gasteiger partial charge < -0.3 is 10.2 Å². The van der Waals surface area contributed by atoms with Gasteiger partial charge in [0.25, 0.3) is 5.91 Å². The zero-order valence-electron chi connectivity index (χ0n) is 17.0. The van der Waals surface area contributed by atoms with Crippen LogP contribution < -0.4 is 5.32 Å². The minimum absolute atomic E-state index is 0.000356. The SMILES string of the molecule is C[C@@H](C1CCCCC1)N(C)C(=O)c1ccc(NC(=O)CC(C)(C)C)cc1. The van der Waals surface area contributed by atoms with Gasteiger partial charge in [0.1, 0.15) is 0 Å². The van der Waals surface area contributed by atoms with E-state index >= 15 is 0 Å². The molecule has 1 aromatic carbocycles. The maximum atomic E-state index is 12.8. The highest BCUT2D eigenvalue weighted by Crippen LogP contribution is 2.29. The smallest absolute Gasteiger partial charge is 0.253 e. The van der Waals surface area contributed by atoms with Crippen molar-refractivity contribution in [2.24, 2.45) is 11.3 Å². The second-order valence-electron chi connectivity index (χ2n) is 8.92. The van der Waals surface area contributed by atoms with Crippen molar-refractivity contribution in [2.45, 2.75) is 72.3 Å². The van der Waals surface area contributed by atoms with Gasteiger partial charge in [-0.1, -0.05) is 40.0 Å². The van der Waals surface area contributed by atoms with Gasteiger partial charge in [-0.3, -0.25) is 9.59 Å². The molecule has 0 unspecified atom stereocenters. The van der Waals surface area contributed by atoms with Crippen LogP contribution in [0.5, 0.6) is 0 Å². The minimum Gasteiger partial charge on any atom is -0.339 e. The summed E-state index contributed by atoms with van der Waals surface area (Å²) in [6, 6.07) is 7.49. The third-order valence-electron chi connectivity index (χ3n) is 5.37. The number of hydrogen-bond donors (Lipinski definition) is 1. The van der Waals surface area contributed by atoms with E-state index in [1.807, 2.05) is 44.9 Å². The van der Waals surface area contributed by atoms with Crippen LogP contribution in [0.15, 0.2) is 24.3 Å². The van der Waals surface area contributed by atoms with Gasteiger partial charge in [0.05, 0.1) is 0 Å². The van der Waals surface area contributed by atoms with Crippen molar-refractivity contribution in [3.05, 3.63) is 29.8 Å². The van der Waals surface area contributed by atoms with Crippen LogP contribution in [-0.4, -0.2) is 29.8 Å². The maximum absolute atomic E-state index is 12.8. The van der Waals surface area contributed by atoms with Crippen LogP contribution in [0.2, 0.25) is 0 Å². The van der Waals surface area contributed by atoms with E-state index in [0.29, 0.717) is 17.9 Å². The molecular formula is C22H34N2O2. The van der Waals surface area contributed by atoms with Crippen LogP contribution in [0, 0.1) is 11.3 Å². The van der Waals surface area contributed by atoms with E-state index in [2.05, 4.69) is 12.2 Å². The van der Waals surface area contributed by atoms with E-state index in [0.717, 1.165) is 5.69 Å². The molecule has 1 N–H and O–H groups in total. The molecule has 2 rings (SSSR count). The van der Waals surface area contributed by atoms with Crippen molar-refractivity contribution in [1.29, 1.82) is 0 Å².